The van der Waals surface area contributed by atoms with Gasteiger partial charge < -0.3 is 5.32 Å². The van der Waals surface area contributed by atoms with Gasteiger partial charge in [0.25, 0.3) is 5.91 Å². The zero-order valence-electron chi connectivity index (χ0n) is 17.4. The van der Waals surface area contributed by atoms with Gasteiger partial charge in [-0.15, -0.1) is 0 Å². The molecule has 0 spiro atoms. The van der Waals surface area contributed by atoms with Crippen molar-refractivity contribution in [3.63, 3.8) is 0 Å². The van der Waals surface area contributed by atoms with Crippen LogP contribution in [0.15, 0.2) is 40.9 Å². The molecule has 198 valence electrons. The van der Waals surface area contributed by atoms with Gasteiger partial charge in [0, 0.05) is 5.56 Å². The number of carbonyl (C=O) groups excluding carboxylic acids is 1. The highest BCUT2D eigenvalue weighted by Crippen LogP contribution is 2.43. The predicted molar refractivity (Wildman–Crippen MR) is 116 cm³/mol. The Morgan fingerprint density at radius 3 is 1.92 bits per heavy atom. The molecule has 0 aliphatic rings. The van der Waals surface area contributed by atoms with Crippen LogP contribution in [0.4, 0.5) is 43.9 Å². The van der Waals surface area contributed by atoms with E-state index in [0.717, 1.165) is 12.1 Å². The fraction of sp³-hybridized carbons (Fsp3) is 0.286. The maximum absolute atomic E-state index is 14.8. The Bertz CT molecular complexity index is 1150. The summed E-state index contributed by atoms with van der Waals surface area (Å²) in [6.45, 7) is 0.486. The molecule has 2 aromatic carbocycles. The van der Waals surface area contributed by atoms with Crippen LogP contribution in [0.2, 0.25) is 10.0 Å². The number of allylic oxidation sites excluding steroid dienone is 1. The number of nitrogens with one attached hydrogen (secondary N) is 1. The van der Waals surface area contributed by atoms with E-state index in [1.807, 2.05) is 0 Å². The van der Waals surface area contributed by atoms with Crippen LogP contribution in [0.1, 0.15) is 39.9 Å². The minimum atomic E-state index is -5.36. The third kappa shape index (κ3) is 7.28. The number of amides is 1. The summed E-state index contributed by atoms with van der Waals surface area (Å²) in [6, 6.07) is 0.0579. The van der Waals surface area contributed by atoms with Gasteiger partial charge in [0.2, 0.25) is 0 Å². The molecule has 2 atom stereocenters. The predicted octanol–water partition coefficient (Wildman–Crippen LogP) is 9.11. The van der Waals surface area contributed by atoms with Gasteiger partial charge in [0.05, 0.1) is 25.6 Å². The normalized spacial score (nSPS) is 15.0. The first-order valence-corrected chi connectivity index (χ1v) is 11.0. The Hall–Kier alpha value is -1.99. The van der Waals surface area contributed by atoms with Crippen molar-refractivity contribution in [1.82, 2.24) is 5.32 Å². The average Bonchev–Trinajstić information content (AvgIpc) is 2.72. The molecule has 2 nitrogen and oxygen atoms in total. The second-order valence-corrected chi connectivity index (χ2v) is 8.93. The lowest BCUT2D eigenvalue weighted by Gasteiger charge is -2.20. The second-order valence-electron chi connectivity index (χ2n) is 7.33. The highest BCUT2D eigenvalue weighted by Gasteiger charge is 2.42. The van der Waals surface area contributed by atoms with Gasteiger partial charge in [0.1, 0.15) is 17.8 Å². The van der Waals surface area contributed by atoms with Crippen molar-refractivity contribution >= 4 is 50.9 Å². The van der Waals surface area contributed by atoms with Crippen molar-refractivity contribution < 1.29 is 48.7 Å². The van der Waals surface area contributed by atoms with Crippen LogP contribution >= 0.6 is 39.1 Å². The number of benzene rings is 2. The highest BCUT2D eigenvalue weighted by molar-refractivity contribution is 9.10. The van der Waals surface area contributed by atoms with Crippen LogP contribution in [0.5, 0.6) is 0 Å². The lowest BCUT2D eigenvalue weighted by Crippen LogP contribution is -2.43. The highest BCUT2D eigenvalue weighted by atomic mass is 79.9. The number of rotatable bonds is 5. The Kier molecular flexibility index (Phi) is 9.06. The van der Waals surface area contributed by atoms with E-state index >= 15 is 0 Å². The molecule has 1 N–H and O–H groups in total. The zero-order chi connectivity index (χ0) is 27.8. The van der Waals surface area contributed by atoms with E-state index < -0.39 is 64.5 Å². The van der Waals surface area contributed by atoms with Crippen molar-refractivity contribution in [3.05, 3.63) is 73.2 Å². The molecule has 0 radical (unpaired) electrons. The van der Waals surface area contributed by atoms with Gasteiger partial charge in [-0.25, -0.2) is 4.39 Å². The van der Waals surface area contributed by atoms with Crippen LogP contribution in [0, 0.1) is 0 Å². The number of alkyl halides is 9. The van der Waals surface area contributed by atoms with Crippen LogP contribution in [0.3, 0.4) is 0 Å². The van der Waals surface area contributed by atoms with Gasteiger partial charge in [-0.1, -0.05) is 29.3 Å². The molecule has 0 fully saturated rings. The minimum Gasteiger partial charge on any atom is -0.341 e. The summed E-state index contributed by atoms with van der Waals surface area (Å²) >= 11 is 14.5. The first kappa shape index (κ1) is 30.2. The minimum absolute atomic E-state index is 0.0170. The van der Waals surface area contributed by atoms with Crippen LogP contribution in [-0.4, -0.2) is 24.3 Å². The van der Waals surface area contributed by atoms with E-state index in [4.69, 9.17) is 23.2 Å². The lowest BCUT2D eigenvalue weighted by molar-refractivity contribution is -0.149. The third-order valence-corrected chi connectivity index (χ3v) is 6.62. The Morgan fingerprint density at radius 2 is 1.47 bits per heavy atom. The van der Waals surface area contributed by atoms with Crippen LogP contribution < -0.4 is 5.32 Å². The molecule has 0 aromatic heterocycles. The van der Waals surface area contributed by atoms with Crippen molar-refractivity contribution in [2.75, 3.05) is 0 Å². The van der Waals surface area contributed by atoms with Crippen molar-refractivity contribution in [3.8, 4) is 0 Å². The van der Waals surface area contributed by atoms with E-state index in [0.29, 0.717) is 19.1 Å². The standard InChI is InChI=1S/C21H12BrCl2F10NO/c1-8(19(26,27)28)35-18(36)11-3-2-9(4-13(11)21(32,33)34)16(25)7-12(20(29,30)31)10-5-14(23)17(22)15(24)6-10/h2-8,12H,1H3,(H,35,36)/b16-7-/t8-,12?/m1/s1. The van der Waals surface area contributed by atoms with Gasteiger partial charge in [0.15, 0.2) is 0 Å². The van der Waals surface area contributed by atoms with Crippen molar-refractivity contribution in [2.45, 2.75) is 37.4 Å². The molecule has 0 saturated heterocycles. The van der Waals surface area contributed by atoms with E-state index in [1.54, 1.807) is 0 Å². The summed E-state index contributed by atoms with van der Waals surface area (Å²) in [5.74, 6) is -6.21. The molecule has 0 saturated carbocycles. The SMILES string of the molecule is C[C@@H](NC(=O)c1ccc(/C(F)=C/C(c2cc(Cl)c(Br)c(Cl)c2)C(F)(F)F)cc1C(F)(F)F)C(F)(F)F. The van der Waals surface area contributed by atoms with Gasteiger partial charge in [-0.05, 0) is 58.8 Å². The van der Waals surface area contributed by atoms with Gasteiger partial charge in [-0.3, -0.25) is 4.79 Å². The lowest BCUT2D eigenvalue weighted by atomic mass is 9.95. The molecule has 0 bridgehead atoms. The zero-order valence-corrected chi connectivity index (χ0v) is 20.5. The molecule has 2 rings (SSSR count). The summed E-state index contributed by atoms with van der Waals surface area (Å²) in [7, 11) is 0. The number of carbonyl (C=O) groups is 1. The molecule has 15 heteroatoms. The average molecular weight is 635 g/mol. The smallest absolute Gasteiger partial charge is 0.341 e. The van der Waals surface area contributed by atoms with E-state index in [9.17, 15) is 48.7 Å². The Labute approximate surface area is 215 Å². The summed E-state index contributed by atoms with van der Waals surface area (Å²) in [5, 5.41) is 0.842. The monoisotopic (exact) mass is 633 g/mol. The van der Waals surface area contributed by atoms with E-state index in [2.05, 4.69) is 15.9 Å². The fourth-order valence-corrected chi connectivity index (χ4v) is 3.59. The first-order chi connectivity index (χ1) is 16.2. The Morgan fingerprint density at radius 1 is 0.944 bits per heavy atom. The van der Waals surface area contributed by atoms with Crippen molar-refractivity contribution in [2.24, 2.45) is 0 Å². The summed E-state index contributed by atoms with van der Waals surface area (Å²) in [4.78, 5) is 12.0. The molecular formula is C21H12BrCl2F10NO. The number of halogens is 13. The maximum atomic E-state index is 14.8. The van der Waals surface area contributed by atoms with Crippen LogP contribution in [-0.2, 0) is 6.18 Å². The molecule has 2 aromatic rings. The van der Waals surface area contributed by atoms with Crippen LogP contribution in [0.25, 0.3) is 5.83 Å². The molecule has 1 unspecified atom stereocenters. The molecular weight excluding hydrogens is 623 g/mol. The quantitative estimate of drug-likeness (QED) is 0.258. The molecule has 1 amide bonds. The molecule has 0 aliphatic heterocycles. The maximum Gasteiger partial charge on any atom is 0.417 e. The number of hydrogen-bond acceptors (Lipinski definition) is 1. The third-order valence-electron chi connectivity index (χ3n) is 4.71. The Balaban J connectivity index is 2.57. The summed E-state index contributed by atoms with van der Waals surface area (Å²) in [6.07, 6.45) is -15.5. The van der Waals surface area contributed by atoms with Gasteiger partial charge >= 0.3 is 18.5 Å². The topological polar surface area (TPSA) is 29.1 Å². The number of hydrogen-bond donors (Lipinski definition) is 1. The molecule has 0 heterocycles. The summed E-state index contributed by atoms with van der Waals surface area (Å²) in [5.41, 5.74) is -4.77. The molecule has 36 heavy (non-hydrogen) atoms. The second kappa shape index (κ2) is 10.8. The van der Waals surface area contributed by atoms with Gasteiger partial charge in [-0.2, -0.15) is 39.5 Å². The first-order valence-electron chi connectivity index (χ1n) is 9.41. The fourth-order valence-electron chi connectivity index (χ4n) is 2.86. The molecule has 0 aliphatic carbocycles. The van der Waals surface area contributed by atoms with E-state index in [-0.39, 0.29) is 26.7 Å². The van der Waals surface area contributed by atoms with Crippen molar-refractivity contribution in [1.29, 1.82) is 0 Å². The largest absolute Gasteiger partial charge is 0.417 e. The van der Waals surface area contributed by atoms with E-state index in [1.165, 1.54) is 5.32 Å². The summed E-state index contributed by atoms with van der Waals surface area (Å²) < 4.78 is 134.